The predicted octanol–water partition coefficient (Wildman–Crippen LogP) is 2.63. The van der Waals surface area contributed by atoms with Crippen LogP contribution in [0.25, 0.3) is 5.82 Å². The molecule has 116 valence electrons. The fourth-order valence-corrected chi connectivity index (χ4v) is 2.08. The third-order valence-corrected chi connectivity index (χ3v) is 3.22. The van der Waals surface area contributed by atoms with E-state index >= 15 is 0 Å². The van der Waals surface area contributed by atoms with E-state index in [0.717, 1.165) is 5.56 Å². The van der Waals surface area contributed by atoms with E-state index in [1.165, 1.54) is 18.0 Å². The quantitative estimate of drug-likeness (QED) is 0.678. The summed E-state index contributed by atoms with van der Waals surface area (Å²) in [6.45, 7) is 0.420. The summed E-state index contributed by atoms with van der Waals surface area (Å²) in [6.07, 6.45) is 3.15. The van der Waals surface area contributed by atoms with Crippen molar-refractivity contribution in [3.05, 3.63) is 72.1 Å². The lowest BCUT2D eigenvalue weighted by Crippen LogP contribution is -2.07. The first-order chi connectivity index (χ1) is 11.3. The lowest BCUT2D eigenvalue weighted by atomic mass is 10.2. The Morgan fingerprint density at radius 3 is 2.74 bits per heavy atom. The Bertz CT molecular complexity index is 800. The maximum Gasteiger partial charge on any atom is 0.338 e. The van der Waals surface area contributed by atoms with Crippen molar-refractivity contribution in [1.82, 2.24) is 14.8 Å². The van der Waals surface area contributed by atoms with Gasteiger partial charge in [-0.05, 0) is 17.7 Å². The number of carbonyl (C=O) groups excluding carboxylic acids is 1. The standard InChI is InChI=1S/C17H15N3O3/c1-22-17(21)14-7-9-18-15(11-14)20-16(8-10-19-20)23-12-13-5-3-2-4-6-13/h2-11H,12H2,1H3. The van der Waals surface area contributed by atoms with Crippen LogP contribution in [0, 0.1) is 0 Å². The number of esters is 1. The smallest absolute Gasteiger partial charge is 0.338 e. The van der Waals surface area contributed by atoms with Gasteiger partial charge in [-0.15, -0.1) is 0 Å². The van der Waals surface area contributed by atoms with Crippen LogP contribution in [-0.2, 0) is 11.3 Å². The lowest BCUT2D eigenvalue weighted by Gasteiger charge is -2.09. The highest BCUT2D eigenvalue weighted by molar-refractivity contribution is 5.89. The average molecular weight is 309 g/mol. The molecule has 23 heavy (non-hydrogen) atoms. The van der Waals surface area contributed by atoms with E-state index in [1.807, 2.05) is 30.3 Å². The van der Waals surface area contributed by atoms with Gasteiger partial charge in [0.2, 0.25) is 5.88 Å². The van der Waals surface area contributed by atoms with Crippen molar-refractivity contribution in [2.45, 2.75) is 6.61 Å². The summed E-state index contributed by atoms with van der Waals surface area (Å²) < 4.78 is 12.0. The van der Waals surface area contributed by atoms with E-state index in [4.69, 9.17) is 9.47 Å². The molecule has 0 spiro atoms. The van der Waals surface area contributed by atoms with Crippen molar-refractivity contribution in [2.75, 3.05) is 7.11 Å². The number of pyridine rings is 1. The molecule has 0 N–H and O–H groups in total. The van der Waals surface area contributed by atoms with E-state index in [-0.39, 0.29) is 0 Å². The number of aromatic nitrogens is 3. The molecule has 0 aliphatic heterocycles. The third kappa shape index (κ3) is 3.37. The summed E-state index contributed by atoms with van der Waals surface area (Å²) in [4.78, 5) is 15.8. The minimum Gasteiger partial charge on any atom is -0.473 e. The highest BCUT2D eigenvalue weighted by atomic mass is 16.5. The van der Waals surface area contributed by atoms with Gasteiger partial charge in [0, 0.05) is 12.3 Å². The zero-order valence-electron chi connectivity index (χ0n) is 12.5. The molecule has 0 atom stereocenters. The molecular formula is C17H15N3O3. The van der Waals surface area contributed by atoms with Crippen LogP contribution in [0.15, 0.2) is 60.9 Å². The van der Waals surface area contributed by atoms with E-state index in [2.05, 4.69) is 10.1 Å². The van der Waals surface area contributed by atoms with Crippen LogP contribution < -0.4 is 4.74 Å². The fraction of sp³-hybridized carbons (Fsp3) is 0.118. The van der Waals surface area contributed by atoms with Gasteiger partial charge in [0.25, 0.3) is 0 Å². The number of methoxy groups -OCH3 is 1. The Morgan fingerprint density at radius 2 is 1.96 bits per heavy atom. The van der Waals surface area contributed by atoms with Crippen LogP contribution in [0.4, 0.5) is 0 Å². The summed E-state index contributed by atoms with van der Waals surface area (Å²) in [7, 11) is 1.34. The maximum absolute atomic E-state index is 11.6. The Morgan fingerprint density at radius 1 is 1.13 bits per heavy atom. The van der Waals surface area contributed by atoms with Gasteiger partial charge in [-0.1, -0.05) is 30.3 Å². The molecule has 1 aromatic carbocycles. The molecule has 6 nitrogen and oxygen atoms in total. The summed E-state index contributed by atoms with van der Waals surface area (Å²) >= 11 is 0. The number of hydrogen-bond acceptors (Lipinski definition) is 5. The number of hydrogen-bond donors (Lipinski definition) is 0. The Labute approximate surface area is 133 Å². The minimum absolute atomic E-state index is 0.405. The molecule has 2 heterocycles. The van der Waals surface area contributed by atoms with E-state index < -0.39 is 5.97 Å². The van der Waals surface area contributed by atoms with Crippen LogP contribution >= 0.6 is 0 Å². The molecule has 0 fully saturated rings. The van der Waals surface area contributed by atoms with Gasteiger partial charge in [-0.2, -0.15) is 9.78 Å². The van der Waals surface area contributed by atoms with E-state index in [0.29, 0.717) is 23.9 Å². The number of nitrogens with zero attached hydrogens (tertiary/aromatic N) is 3. The second-order valence-corrected chi connectivity index (χ2v) is 4.75. The van der Waals surface area contributed by atoms with E-state index in [1.54, 1.807) is 24.4 Å². The molecule has 0 aliphatic carbocycles. The summed E-state index contributed by atoms with van der Waals surface area (Å²) in [6, 6.07) is 14.8. The molecule has 0 bridgehead atoms. The molecule has 0 saturated carbocycles. The zero-order valence-corrected chi connectivity index (χ0v) is 12.5. The van der Waals surface area contributed by atoms with Crippen LogP contribution in [0.3, 0.4) is 0 Å². The van der Waals surface area contributed by atoms with Gasteiger partial charge in [-0.25, -0.2) is 9.78 Å². The summed E-state index contributed by atoms with van der Waals surface area (Å²) in [5.74, 6) is 0.608. The van der Waals surface area contributed by atoms with Crippen molar-refractivity contribution in [1.29, 1.82) is 0 Å². The van der Waals surface area contributed by atoms with Gasteiger partial charge >= 0.3 is 5.97 Å². The van der Waals surface area contributed by atoms with Gasteiger partial charge in [0.05, 0.1) is 18.9 Å². The minimum atomic E-state index is -0.424. The molecule has 0 aliphatic rings. The first kappa shape index (κ1) is 14.8. The fourth-order valence-electron chi connectivity index (χ4n) is 2.08. The molecule has 0 radical (unpaired) electrons. The molecule has 0 saturated heterocycles. The summed E-state index contributed by atoms with van der Waals surface area (Å²) in [5, 5.41) is 4.20. The number of rotatable bonds is 5. The number of carbonyl (C=O) groups is 1. The molecule has 3 rings (SSSR count). The highest BCUT2D eigenvalue weighted by Gasteiger charge is 2.11. The molecule has 6 heteroatoms. The molecule has 2 aromatic heterocycles. The van der Waals surface area contributed by atoms with Crippen LogP contribution in [0.1, 0.15) is 15.9 Å². The number of ether oxygens (including phenoxy) is 2. The average Bonchev–Trinajstić information content (AvgIpc) is 3.09. The van der Waals surface area contributed by atoms with Crippen molar-refractivity contribution >= 4 is 5.97 Å². The SMILES string of the molecule is COC(=O)c1ccnc(-n2nccc2OCc2ccccc2)c1. The predicted molar refractivity (Wildman–Crippen MR) is 83.5 cm³/mol. The number of benzene rings is 1. The van der Waals surface area contributed by atoms with Gasteiger partial charge in [0.15, 0.2) is 5.82 Å². The van der Waals surface area contributed by atoms with Gasteiger partial charge in [-0.3, -0.25) is 0 Å². The first-order valence-electron chi connectivity index (χ1n) is 7.03. The Kier molecular flexibility index (Phi) is 4.33. The third-order valence-electron chi connectivity index (χ3n) is 3.22. The van der Waals surface area contributed by atoms with Crippen molar-refractivity contribution in [3.8, 4) is 11.7 Å². The topological polar surface area (TPSA) is 66.2 Å². The Balaban J connectivity index is 1.82. The van der Waals surface area contributed by atoms with Crippen molar-refractivity contribution in [2.24, 2.45) is 0 Å². The molecule has 0 amide bonds. The largest absolute Gasteiger partial charge is 0.473 e. The lowest BCUT2D eigenvalue weighted by molar-refractivity contribution is 0.0600. The summed E-state index contributed by atoms with van der Waals surface area (Å²) in [5.41, 5.74) is 1.46. The van der Waals surface area contributed by atoms with Crippen molar-refractivity contribution < 1.29 is 14.3 Å². The van der Waals surface area contributed by atoms with Crippen LogP contribution in [0.2, 0.25) is 0 Å². The first-order valence-corrected chi connectivity index (χ1v) is 7.03. The van der Waals surface area contributed by atoms with Gasteiger partial charge in [0.1, 0.15) is 6.61 Å². The molecule has 3 aromatic rings. The van der Waals surface area contributed by atoms with Crippen LogP contribution in [-0.4, -0.2) is 27.8 Å². The monoisotopic (exact) mass is 309 g/mol. The zero-order chi connectivity index (χ0) is 16.1. The van der Waals surface area contributed by atoms with Crippen molar-refractivity contribution in [3.63, 3.8) is 0 Å². The van der Waals surface area contributed by atoms with Gasteiger partial charge < -0.3 is 9.47 Å². The normalized spacial score (nSPS) is 10.3. The van der Waals surface area contributed by atoms with E-state index in [9.17, 15) is 4.79 Å². The second-order valence-electron chi connectivity index (χ2n) is 4.75. The molecular weight excluding hydrogens is 294 g/mol. The molecule has 0 unspecified atom stereocenters. The second kappa shape index (κ2) is 6.74. The highest BCUT2D eigenvalue weighted by Crippen LogP contribution is 2.17. The Hall–Kier alpha value is -3.15. The maximum atomic E-state index is 11.6. The van der Waals surface area contributed by atoms with Crippen LogP contribution in [0.5, 0.6) is 5.88 Å².